The molecule has 0 radical (unpaired) electrons. The molecule has 0 atom stereocenters. The average Bonchev–Trinajstić information content (AvgIpc) is 2.89. The van der Waals surface area contributed by atoms with Crippen LogP contribution in [0.4, 0.5) is 10.5 Å². The topological polar surface area (TPSA) is 71.1 Å². The minimum Gasteiger partial charge on any atom is -0.462 e. The SMILES string of the molecule is CN(C)C(=O)Nc1ccc(-c2ccc3c(c2)COC2(CCN(C(=O)c4ccccc4)CC2)O3)cc1. The molecule has 0 aromatic heterocycles. The first-order valence-electron chi connectivity index (χ1n) is 11.8. The van der Waals surface area contributed by atoms with E-state index in [1.54, 1.807) is 14.1 Å². The maximum absolute atomic E-state index is 12.8. The molecule has 0 bridgehead atoms. The smallest absolute Gasteiger partial charge is 0.321 e. The fourth-order valence-electron chi connectivity index (χ4n) is 4.45. The molecule has 2 aliphatic heterocycles. The number of hydrogen-bond donors (Lipinski definition) is 1. The summed E-state index contributed by atoms with van der Waals surface area (Å²) in [6, 6.07) is 23.1. The van der Waals surface area contributed by atoms with Crippen LogP contribution < -0.4 is 10.1 Å². The van der Waals surface area contributed by atoms with Crippen molar-refractivity contribution in [2.45, 2.75) is 25.2 Å². The number of fused-ring (bicyclic) bond motifs is 1. The minimum absolute atomic E-state index is 0.0496. The van der Waals surface area contributed by atoms with Gasteiger partial charge in [0, 0.05) is 56.8 Å². The van der Waals surface area contributed by atoms with Crippen molar-refractivity contribution in [1.82, 2.24) is 9.80 Å². The molecule has 7 nitrogen and oxygen atoms in total. The van der Waals surface area contributed by atoms with Crippen LogP contribution in [-0.4, -0.2) is 54.7 Å². The van der Waals surface area contributed by atoms with Gasteiger partial charge in [-0.3, -0.25) is 4.79 Å². The number of anilines is 1. The highest BCUT2D eigenvalue weighted by Gasteiger charge is 2.42. The lowest BCUT2D eigenvalue weighted by Gasteiger charge is -2.44. The summed E-state index contributed by atoms with van der Waals surface area (Å²) in [7, 11) is 3.41. The Bertz CT molecular complexity index is 1220. The van der Waals surface area contributed by atoms with Crippen molar-refractivity contribution in [2.24, 2.45) is 0 Å². The highest BCUT2D eigenvalue weighted by molar-refractivity contribution is 5.94. The molecule has 1 saturated heterocycles. The largest absolute Gasteiger partial charge is 0.462 e. The lowest BCUT2D eigenvalue weighted by molar-refractivity contribution is -0.225. The van der Waals surface area contributed by atoms with Gasteiger partial charge < -0.3 is 24.6 Å². The van der Waals surface area contributed by atoms with Crippen LogP contribution in [-0.2, 0) is 11.3 Å². The number of likely N-dealkylation sites (tertiary alicyclic amines) is 1. The Balaban J connectivity index is 1.23. The third-order valence-electron chi connectivity index (χ3n) is 6.56. The predicted octanol–water partition coefficient (Wildman–Crippen LogP) is 4.99. The van der Waals surface area contributed by atoms with Gasteiger partial charge in [-0.2, -0.15) is 0 Å². The number of nitrogens with one attached hydrogen (secondary N) is 1. The monoisotopic (exact) mass is 471 g/mol. The van der Waals surface area contributed by atoms with Crippen molar-refractivity contribution in [2.75, 3.05) is 32.5 Å². The number of ether oxygens (including phenoxy) is 2. The van der Waals surface area contributed by atoms with Gasteiger partial charge in [0.05, 0.1) is 6.61 Å². The molecule has 7 heteroatoms. The van der Waals surface area contributed by atoms with Crippen molar-refractivity contribution in [1.29, 1.82) is 0 Å². The number of piperidine rings is 1. The maximum atomic E-state index is 12.8. The fourth-order valence-corrected chi connectivity index (χ4v) is 4.45. The van der Waals surface area contributed by atoms with Gasteiger partial charge in [-0.1, -0.05) is 36.4 Å². The van der Waals surface area contributed by atoms with E-state index in [1.165, 1.54) is 4.90 Å². The Morgan fingerprint density at radius 3 is 2.29 bits per heavy atom. The molecule has 5 rings (SSSR count). The van der Waals surface area contributed by atoms with Crippen molar-refractivity contribution in [3.05, 3.63) is 83.9 Å². The van der Waals surface area contributed by atoms with E-state index in [9.17, 15) is 9.59 Å². The molecule has 3 aromatic rings. The molecule has 0 unspecified atom stereocenters. The second-order valence-electron chi connectivity index (χ2n) is 9.18. The van der Waals surface area contributed by atoms with Gasteiger partial charge >= 0.3 is 6.03 Å². The molecule has 1 fully saturated rings. The lowest BCUT2D eigenvalue weighted by Crippen LogP contribution is -2.52. The van der Waals surface area contributed by atoms with Crippen LogP contribution in [0.3, 0.4) is 0 Å². The third kappa shape index (κ3) is 4.86. The summed E-state index contributed by atoms with van der Waals surface area (Å²) in [5, 5.41) is 2.84. The standard InChI is InChI=1S/C28H29N3O4/c1-30(2)27(33)29-24-11-8-20(9-12-24)22-10-13-25-23(18-22)19-34-28(35-25)14-16-31(17-15-28)26(32)21-6-4-3-5-7-21/h3-13,18H,14-17,19H2,1-2H3,(H,29,33). The van der Waals surface area contributed by atoms with Gasteiger partial charge in [0.2, 0.25) is 5.79 Å². The van der Waals surface area contributed by atoms with E-state index < -0.39 is 5.79 Å². The van der Waals surface area contributed by atoms with Crippen molar-refractivity contribution in [3.63, 3.8) is 0 Å². The maximum Gasteiger partial charge on any atom is 0.321 e. The highest BCUT2D eigenvalue weighted by atomic mass is 16.7. The first-order valence-corrected chi connectivity index (χ1v) is 11.8. The number of urea groups is 1. The molecule has 1 N–H and O–H groups in total. The van der Waals surface area contributed by atoms with Gasteiger partial charge in [-0.25, -0.2) is 4.79 Å². The van der Waals surface area contributed by atoms with Gasteiger partial charge in [-0.15, -0.1) is 0 Å². The van der Waals surface area contributed by atoms with Crippen LogP contribution in [0.5, 0.6) is 5.75 Å². The predicted molar refractivity (Wildman–Crippen MR) is 134 cm³/mol. The molecule has 180 valence electrons. The van der Waals surface area contributed by atoms with Gasteiger partial charge in [0.25, 0.3) is 5.91 Å². The molecule has 0 aliphatic carbocycles. The molecule has 2 heterocycles. The molecule has 1 spiro atoms. The van der Waals surface area contributed by atoms with Crippen molar-refractivity contribution in [3.8, 4) is 16.9 Å². The first-order chi connectivity index (χ1) is 16.9. The van der Waals surface area contributed by atoms with E-state index >= 15 is 0 Å². The molecule has 3 amide bonds. The van der Waals surface area contributed by atoms with Crippen LogP contribution in [0.25, 0.3) is 11.1 Å². The summed E-state index contributed by atoms with van der Waals surface area (Å²) >= 11 is 0. The van der Waals surface area contributed by atoms with E-state index in [4.69, 9.17) is 9.47 Å². The zero-order chi connectivity index (χ0) is 24.4. The van der Waals surface area contributed by atoms with E-state index in [0.29, 0.717) is 38.1 Å². The number of rotatable bonds is 3. The van der Waals surface area contributed by atoms with Crippen LogP contribution in [0.2, 0.25) is 0 Å². The Morgan fingerprint density at radius 2 is 1.60 bits per heavy atom. The third-order valence-corrected chi connectivity index (χ3v) is 6.56. The van der Waals surface area contributed by atoms with E-state index in [1.807, 2.05) is 71.6 Å². The summed E-state index contributed by atoms with van der Waals surface area (Å²) in [6.45, 7) is 1.66. The Hall–Kier alpha value is -3.84. The molecule has 2 aliphatic rings. The second kappa shape index (κ2) is 9.43. The molecular weight excluding hydrogens is 442 g/mol. The van der Waals surface area contributed by atoms with Gasteiger partial charge in [-0.05, 0) is 47.5 Å². The van der Waals surface area contributed by atoms with Crippen molar-refractivity contribution < 1.29 is 19.1 Å². The van der Waals surface area contributed by atoms with Crippen LogP contribution in [0.15, 0.2) is 72.8 Å². The van der Waals surface area contributed by atoms with Gasteiger partial charge in [0.15, 0.2) is 0 Å². The summed E-state index contributed by atoms with van der Waals surface area (Å²) in [5.41, 5.74) is 4.56. The number of benzene rings is 3. The minimum atomic E-state index is -0.686. The number of amides is 3. The van der Waals surface area contributed by atoms with Gasteiger partial charge in [0.1, 0.15) is 5.75 Å². The summed E-state index contributed by atoms with van der Waals surface area (Å²) in [6.07, 6.45) is 1.26. The van der Waals surface area contributed by atoms with E-state index in [2.05, 4.69) is 11.4 Å². The summed E-state index contributed by atoms with van der Waals surface area (Å²) in [4.78, 5) is 28.0. The van der Waals surface area contributed by atoms with Crippen LogP contribution in [0.1, 0.15) is 28.8 Å². The van der Waals surface area contributed by atoms with E-state index in [0.717, 1.165) is 28.1 Å². The Morgan fingerprint density at radius 1 is 0.914 bits per heavy atom. The zero-order valence-corrected chi connectivity index (χ0v) is 20.0. The Labute approximate surface area is 205 Å². The zero-order valence-electron chi connectivity index (χ0n) is 20.0. The quantitative estimate of drug-likeness (QED) is 0.584. The second-order valence-corrected chi connectivity index (χ2v) is 9.18. The van der Waals surface area contributed by atoms with E-state index in [-0.39, 0.29) is 11.9 Å². The summed E-state index contributed by atoms with van der Waals surface area (Å²) < 4.78 is 12.6. The molecule has 35 heavy (non-hydrogen) atoms. The highest BCUT2D eigenvalue weighted by Crippen LogP contribution is 2.39. The van der Waals surface area contributed by atoms with Crippen molar-refractivity contribution >= 4 is 17.6 Å². The van der Waals surface area contributed by atoms with Crippen LogP contribution in [0, 0.1) is 0 Å². The number of carbonyl (C=O) groups is 2. The molecular formula is C28H29N3O4. The average molecular weight is 472 g/mol. The lowest BCUT2D eigenvalue weighted by atomic mass is 9.98. The Kier molecular flexibility index (Phi) is 6.17. The fraction of sp³-hybridized carbons (Fsp3) is 0.286. The number of hydrogen-bond acceptors (Lipinski definition) is 4. The number of nitrogens with zero attached hydrogens (tertiary/aromatic N) is 2. The summed E-state index contributed by atoms with van der Waals surface area (Å²) in [5.74, 6) is 0.195. The molecule has 0 saturated carbocycles. The normalized spacial score (nSPS) is 16.2. The number of carbonyl (C=O) groups excluding carboxylic acids is 2. The van der Waals surface area contributed by atoms with Crippen LogP contribution >= 0.6 is 0 Å². The first kappa shape index (κ1) is 22.9. The molecule has 3 aromatic carbocycles.